The summed E-state index contributed by atoms with van der Waals surface area (Å²) in [6, 6.07) is 10.4. The fourth-order valence-corrected chi connectivity index (χ4v) is 5.06. The van der Waals surface area contributed by atoms with E-state index in [1.807, 2.05) is 0 Å². The average Bonchev–Trinajstić information content (AvgIpc) is 2.53. The van der Waals surface area contributed by atoms with Gasteiger partial charge in [-0.2, -0.15) is 0 Å². The van der Waals surface area contributed by atoms with Gasteiger partial charge in [0.2, 0.25) is 0 Å². The number of carbonyl (C=O) groups is 1. The van der Waals surface area contributed by atoms with Crippen LogP contribution < -0.4 is 9.03 Å². The number of rotatable bonds is 6. The zero-order valence-electron chi connectivity index (χ0n) is 14.7. The molecule has 2 rings (SSSR count). The Balaban J connectivity index is 2.26. The van der Waals surface area contributed by atoms with E-state index >= 15 is 0 Å². The van der Waals surface area contributed by atoms with Crippen molar-refractivity contribution in [3.8, 4) is 0 Å². The minimum atomic E-state index is -2.44. The quantitative estimate of drug-likeness (QED) is 0.314. The zero-order chi connectivity index (χ0) is 18.6. The summed E-state index contributed by atoms with van der Waals surface area (Å²) in [7, 11) is 0. The third-order valence-electron chi connectivity index (χ3n) is 3.50. The molecule has 1 aromatic carbocycles. The number of nitrogens with one attached hydrogen (secondary N) is 1. The second-order valence-corrected chi connectivity index (χ2v) is 21.0. The first-order chi connectivity index (χ1) is 11.7. The van der Waals surface area contributed by atoms with Gasteiger partial charge in [-0.25, -0.2) is 0 Å². The van der Waals surface area contributed by atoms with Crippen LogP contribution in [0.5, 0.6) is 0 Å². The fourth-order valence-electron chi connectivity index (χ4n) is 2.11. The molecule has 0 aliphatic carbocycles. The van der Waals surface area contributed by atoms with Crippen LogP contribution in [0.4, 0.5) is 17.2 Å². The first-order valence-electron chi connectivity index (χ1n) is 7.82. The number of benzene rings is 1. The number of pyridine rings is 1. The molecule has 0 saturated heterocycles. The summed E-state index contributed by atoms with van der Waals surface area (Å²) >= 11 is -2.44. The molecule has 132 valence electrons. The molecule has 0 atom stereocenters. The van der Waals surface area contributed by atoms with Crippen molar-refractivity contribution in [2.24, 2.45) is 0 Å². The van der Waals surface area contributed by atoms with Crippen molar-refractivity contribution in [2.75, 3.05) is 5.32 Å². The molecule has 0 aliphatic rings. The second kappa shape index (κ2) is 7.81. The van der Waals surface area contributed by atoms with Crippen molar-refractivity contribution in [2.45, 2.75) is 28.3 Å². The van der Waals surface area contributed by atoms with Gasteiger partial charge in [-0.15, -0.1) is 0 Å². The summed E-state index contributed by atoms with van der Waals surface area (Å²) in [5.41, 5.74) is 1.47. The Bertz CT molecular complexity index is 785. The zero-order valence-corrected chi connectivity index (χ0v) is 17.6. The molecule has 0 spiro atoms. The number of hydrogen-bond acceptors (Lipinski definition) is 6. The van der Waals surface area contributed by atoms with Crippen molar-refractivity contribution >= 4 is 45.2 Å². The maximum atomic E-state index is 11.3. The van der Waals surface area contributed by atoms with Gasteiger partial charge in [-0.3, -0.25) is 0 Å². The van der Waals surface area contributed by atoms with Crippen molar-refractivity contribution < 1.29 is 14.5 Å². The van der Waals surface area contributed by atoms with Gasteiger partial charge in [0.05, 0.1) is 0 Å². The third kappa shape index (κ3) is 5.42. The summed E-state index contributed by atoms with van der Waals surface area (Å²) in [5, 5.41) is 14.3. The Kier molecular flexibility index (Phi) is 5.99. The van der Waals surface area contributed by atoms with Crippen LogP contribution in [0.3, 0.4) is 0 Å². The summed E-state index contributed by atoms with van der Waals surface area (Å²) in [4.78, 5) is 32.8. The number of aromatic nitrogens is 1. The predicted octanol–water partition coefficient (Wildman–Crippen LogP) is 3.34. The summed E-state index contributed by atoms with van der Waals surface area (Å²) in [6.07, 6.45) is 0. The standard InChI is InChI=1S/C14H12N3O4.3CH3.Sn/c1-10(18)21-9-11-4-6-12(7-5-11)16-14-13(17(19)20)3-2-8-15-14;;;;/h2-7H,9H2,1H3,(H,15,16);3*1H3;. The molecular formula is C17H21N3O4Sn. The number of nitro groups is 1. The molecule has 0 fully saturated rings. The minimum absolute atomic E-state index is 0.0525. The first kappa shape index (κ1) is 19.2. The average molecular weight is 450 g/mol. The molecule has 1 aromatic heterocycles. The van der Waals surface area contributed by atoms with Crippen LogP contribution in [0.25, 0.3) is 0 Å². The molecule has 0 amide bonds. The number of ether oxygens (including phenoxy) is 1. The van der Waals surface area contributed by atoms with Gasteiger partial charge in [0.25, 0.3) is 0 Å². The van der Waals surface area contributed by atoms with Crippen molar-refractivity contribution in [1.82, 2.24) is 4.98 Å². The van der Waals surface area contributed by atoms with Crippen LogP contribution in [-0.2, 0) is 16.1 Å². The van der Waals surface area contributed by atoms with Crippen molar-refractivity contribution in [3.05, 3.63) is 52.1 Å². The summed E-state index contributed by atoms with van der Waals surface area (Å²) in [6.45, 7) is 1.55. The molecule has 25 heavy (non-hydrogen) atoms. The van der Waals surface area contributed by atoms with Crippen LogP contribution in [0.2, 0.25) is 14.8 Å². The Morgan fingerprint density at radius 3 is 2.36 bits per heavy atom. The van der Waals surface area contributed by atoms with Gasteiger partial charge in [0.1, 0.15) is 0 Å². The van der Waals surface area contributed by atoms with Crippen LogP contribution in [0.1, 0.15) is 12.5 Å². The molecule has 0 saturated carbocycles. The van der Waals surface area contributed by atoms with E-state index in [4.69, 9.17) is 4.74 Å². The molecule has 8 heteroatoms. The molecule has 7 nitrogen and oxygen atoms in total. The Hall–Kier alpha value is -2.16. The SMILES string of the molecule is CC(=O)OCc1ccc(Nc2n[c]([Sn]([CH3])([CH3])[CH3])ccc2[N+](=O)[O-])cc1. The van der Waals surface area contributed by atoms with E-state index in [0.29, 0.717) is 5.69 Å². The molecule has 2 aromatic rings. The number of anilines is 2. The summed E-state index contributed by atoms with van der Waals surface area (Å²) in [5.74, 6) is -0.0887. The molecule has 0 bridgehead atoms. The number of hydrogen-bond donors (Lipinski definition) is 1. The monoisotopic (exact) mass is 451 g/mol. The van der Waals surface area contributed by atoms with E-state index in [1.54, 1.807) is 30.3 Å². The molecule has 0 unspecified atom stereocenters. The third-order valence-corrected chi connectivity index (χ3v) is 8.68. The molecule has 0 radical (unpaired) electrons. The van der Waals surface area contributed by atoms with Gasteiger partial charge in [-0.05, 0) is 0 Å². The van der Waals surface area contributed by atoms with E-state index < -0.39 is 23.3 Å². The number of carbonyl (C=O) groups excluding carboxylic acids is 1. The van der Waals surface area contributed by atoms with Gasteiger partial charge in [-0.1, -0.05) is 0 Å². The number of nitrogens with zero attached hydrogens (tertiary/aromatic N) is 2. The van der Waals surface area contributed by atoms with Crippen molar-refractivity contribution in [3.63, 3.8) is 0 Å². The van der Waals surface area contributed by atoms with E-state index in [1.165, 1.54) is 13.0 Å². The van der Waals surface area contributed by atoms with E-state index in [0.717, 1.165) is 9.27 Å². The Labute approximate surface area is 150 Å². The molecule has 0 aliphatic heterocycles. The van der Waals surface area contributed by atoms with Crippen molar-refractivity contribution in [1.29, 1.82) is 0 Å². The maximum absolute atomic E-state index is 11.3. The van der Waals surface area contributed by atoms with Crippen LogP contribution in [-0.4, -0.2) is 34.3 Å². The van der Waals surface area contributed by atoms with Gasteiger partial charge in [0, 0.05) is 0 Å². The van der Waals surface area contributed by atoms with Gasteiger partial charge < -0.3 is 0 Å². The van der Waals surface area contributed by atoms with E-state index in [9.17, 15) is 14.9 Å². The second-order valence-electron chi connectivity index (χ2n) is 6.67. The fraction of sp³-hybridized carbons (Fsp3) is 0.294. The van der Waals surface area contributed by atoms with Crippen LogP contribution >= 0.6 is 0 Å². The predicted molar refractivity (Wildman–Crippen MR) is 99.1 cm³/mol. The van der Waals surface area contributed by atoms with Crippen LogP contribution in [0.15, 0.2) is 36.4 Å². The molecule has 1 heterocycles. The molecule has 1 N–H and O–H groups in total. The Morgan fingerprint density at radius 2 is 1.84 bits per heavy atom. The van der Waals surface area contributed by atoms with Gasteiger partial charge in [0.15, 0.2) is 0 Å². The summed E-state index contributed by atoms with van der Waals surface area (Å²) < 4.78 is 5.90. The first-order valence-corrected chi connectivity index (χ1v) is 17.8. The Morgan fingerprint density at radius 1 is 1.20 bits per heavy atom. The van der Waals surface area contributed by atoms with Gasteiger partial charge >= 0.3 is 150 Å². The van der Waals surface area contributed by atoms with E-state index in [-0.39, 0.29) is 24.1 Å². The normalized spacial score (nSPS) is 11.0. The van der Waals surface area contributed by atoms with E-state index in [2.05, 4.69) is 25.1 Å². The molecular weight excluding hydrogens is 429 g/mol. The number of esters is 1. The topological polar surface area (TPSA) is 94.4 Å². The van der Waals surface area contributed by atoms with Crippen LogP contribution in [0, 0.1) is 10.1 Å².